The fraction of sp³-hybridized carbons (Fsp3) is 0.370. The Morgan fingerprint density at radius 2 is 1.97 bits per heavy atom. The molecule has 2 N–H and O–H groups in total. The van der Waals surface area contributed by atoms with E-state index in [1.165, 1.54) is 16.7 Å². The van der Waals surface area contributed by atoms with Gasteiger partial charge in [0, 0.05) is 23.9 Å². The van der Waals surface area contributed by atoms with E-state index in [9.17, 15) is 14.4 Å². The van der Waals surface area contributed by atoms with E-state index in [0.717, 1.165) is 18.4 Å². The molecule has 0 saturated heterocycles. The van der Waals surface area contributed by atoms with Gasteiger partial charge in [-0.25, -0.2) is 9.89 Å². The third kappa shape index (κ3) is 5.24. The second-order valence-corrected chi connectivity index (χ2v) is 10.2. The van der Waals surface area contributed by atoms with E-state index in [0.29, 0.717) is 46.8 Å². The van der Waals surface area contributed by atoms with Gasteiger partial charge in [-0.15, -0.1) is 0 Å². The van der Waals surface area contributed by atoms with Crippen molar-refractivity contribution in [3.05, 3.63) is 48.0 Å². The zero-order valence-electron chi connectivity index (χ0n) is 21.2. The number of hydrogen-bond acceptors (Lipinski definition) is 8. The van der Waals surface area contributed by atoms with Gasteiger partial charge in [-0.2, -0.15) is 0 Å². The first kappa shape index (κ1) is 25.8. The van der Waals surface area contributed by atoms with Crippen molar-refractivity contribution in [2.24, 2.45) is 9.98 Å². The Balaban J connectivity index is 1.34. The van der Waals surface area contributed by atoms with E-state index in [2.05, 4.69) is 15.6 Å². The van der Waals surface area contributed by atoms with Gasteiger partial charge in [-0.05, 0) is 37.1 Å². The Hall–Kier alpha value is -3.86. The van der Waals surface area contributed by atoms with Crippen LogP contribution >= 0.6 is 11.8 Å². The predicted octanol–water partition coefficient (Wildman–Crippen LogP) is 3.83. The minimum absolute atomic E-state index is 0.0372. The summed E-state index contributed by atoms with van der Waals surface area (Å²) < 4.78 is 10.7. The SMILES string of the molecule is CCCCNC(=O)C[C@H]1N=C2c3ccccc3N=C(S[C@H](CC)C(=O)Nc3ccc4c(c3)OCO4)N2C1=O. The number of carbonyl (C=O) groups excluding carboxylic acids is 3. The first-order valence-electron chi connectivity index (χ1n) is 12.7. The van der Waals surface area contributed by atoms with Gasteiger partial charge in [0.1, 0.15) is 11.9 Å². The molecule has 0 aromatic heterocycles. The third-order valence-electron chi connectivity index (χ3n) is 6.33. The van der Waals surface area contributed by atoms with Crippen molar-refractivity contribution in [3.8, 4) is 11.5 Å². The second kappa shape index (κ2) is 11.3. The number of carbonyl (C=O) groups is 3. The number of rotatable bonds is 9. The van der Waals surface area contributed by atoms with Crippen molar-refractivity contribution < 1.29 is 23.9 Å². The summed E-state index contributed by atoms with van der Waals surface area (Å²) in [5.74, 6) is 0.903. The number of amidine groups is 2. The average molecular weight is 536 g/mol. The molecule has 11 heteroatoms. The highest BCUT2D eigenvalue weighted by atomic mass is 32.2. The Kier molecular flexibility index (Phi) is 7.64. The summed E-state index contributed by atoms with van der Waals surface area (Å²) in [5.41, 5.74) is 1.97. The summed E-state index contributed by atoms with van der Waals surface area (Å²) >= 11 is 1.21. The molecule has 10 nitrogen and oxygen atoms in total. The van der Waals surface area contributed by atoms with Crippen LogP contribution in [0.1, 0.15) is 45.1 Å². The van der Waals surface area contributed by atoms with Crippen molar-refractivity contribution in [3.63, 3.8) is 0 Å². The molecule has 198 valence electrons. The first-order chi connectivity index (χ1) is 18.5. The molecule has 2 aromatic carbocycles. The molecule has 3 amide bonds. The van der Waals surface area contributed by atoms with Gasteiger partial charge in [0.15, 0.2) is 16.7 Å². The Labute approximate surface area is 224 Å². The summed E-state index contributed by atoms with van der Waals surface area (Å²) in [6.45, 7) is 4.67. The van der Waals surface area contributed by atoms with Crippen LogP contribution in [-0.2, 0) is 14.4 Å². The highest BCUT2D eigenvalue weighted by Gasteiger charge is 2.43. The van der Waals surface area contributed by atoms with Crippen LogP contribution in [0.25, 0.3) is 0 Å². The number of fused-ring (bicyclic) bond motifs is 4. The fourth-order valence-electron chi connectivity index (χ4n) is 4.31. The quantitative estimate of drug-likeness (QED) is 0.471. The van der Waals surface area contributed by atoms with E-state index in [1.54, 1.807) is 18.2 Å². The number of para-hydroxylation sites is 1. The molecule has 0 spiro atoms. The zero-order chi connectivity index (χ0) is 26.6. The molecule has 3 aliphatic rings. The highest BCUT2D eigenvalue weighted by molar-refractivity contribution is 8.15. The largest absolute Gasteiger partial charge is 0.454 e. The lowest BCUT2D eigenvalue weighted by Crippen LogP contribution is -2.43. The summed E-state index contributed by atoms with van der Waals surface area (Å²) in [4.78, 5) is 50.0. The van der Waals surface area contributed by atoms with Crippen molar-refractivity contribution in [1.82, 2.24) is 10.2 Å². The van der Waals surface area contributed by atoms with Crippen LogP contribution in [0.5, 0.6) is 11.5 Å². The van der Waals surface area contributed by atoms with Gasteiger partial charge in [-0.1, -0.05) is 44.2 Å². The van der Waals surface area contributed by atoms with Gasteiger partial charge in [0.2, 0.25) is 18.6 Å². The van der Waals surface area contributed by atoms with E-state index < -0.39 is 11.3 Å². The van der Waals surface area contributed by atoms with E-state index in [-0.39, 0.29) is 30.9 Å². The monoisotopic (exact) mass is 535 g/mol. The Morgan fingerprint density at radius 1 is 1.16 bits per heavy atom. The van der Waals surface area contributed by atoms with Gasteiger partial charge in [-0.3, -0.25) is 19.4 Å². The molecule has 0 aliphatic carbocycles. The molecule has 2 aromatic rings. The maximum Gasteiger partial charge on any atom is 0.259 e. The van der Waals surface area contributed by atoms with Crippen LogP contribution in [0.2, 0.25) is 0 Å². The molecular weight excluding hydrogens is 506 g/mol. The predicted molar refractivity (Wildman–Crippen MR) is 146 cm³/mol. The van der Waals surface area contributed by atoms with Gasteiger partial charge < -0.3 is 20.1 Å². The molecule has 3 aliphatic heterocycles. The summed E-state index contributed by atoms with van der Waals surface area (Å²) in [6, 6.07) is 11.8. The van der Waals surface area contributed by atoms with Gasteiger partial charge in [0.05, 0.1) is 17.4 Å². The molecule has 38 heavy (non-hydrogen) atoms. The lowest BCUT2D eigenvalue weighted by atomic mass is 10.1. The van der Waals surface area contributed by atoms with Crippen molar-refractivity contribution in [2.45, 2.75) is 50.8 Å². The molecule has 0 unspecified atom stereocenters. The Bertz CT molecular complexity index is 1330. The lowest BCUT2D eigenvalue weighted by Gasteiger charge is -2.27. The molecule has 0 radical (unpaired) electrons. The zero-order valence-corrected chi connectivity index (χ0v) is 22.0. The molecule has 5 rings (SSSR count). The van der Waals surface area contributed by atoms with Crippen LogP contribution < -0.4 is 20.1 Å². The standard InChI is InChI=1S/C27H29N5O5S/c1-3-5-12-28-23(33)14-19-26(35)32-24(30-19)17-8-6-7-9-18(17)31-27(32)38-22(4-2)25(34)29-16-10-11-20-21(13-16)37-15-36-20/h6-11,13,19,22H,3-5,12,14-15H2,1-2H3,(H,28,33)(H,29,34)/t19-,22-/m1/s1. The molecular formula is C27H29N5O5S. The molecule has 3 heterocycles. The van der Waals surface area contributed by atoms with E-state index in [4.69, 9.17) is 14.5 Å². The van der Waals surface area contributed by atoms with Gasteiger partial charge >= 0.3 is 0 Å². The smallest absolute Gasteiger partial charge is 0.259 e. The summed E-state index contributed by atoms with van der Waals surface area (Å²) in [7, 11) is 0. The third-order valence-corrected chi connectivity index (χ3v) is 7.65. The lowest BCUT2D eigenvalue weighted by molar-refractivity contribution is -0.128. The van der Waals surface area contributed by atoms with E-state index in [1.807, 2.05) is 38.1 Å². The molecule has 2 atom stereocenters. The second-order valence-electron chi connectivity index (χ2n) is 9.03. The maximum atomic E-state index is 13.5. The number of anilines is 1. The summed E-state index contributed by atoms with van der Waals surface area (Å²) in [5, 5.41) is 5.62. The fourth-order valence-corrected chi connectivity index (χ4v) is 5.33. The topological polar surface area (TPSA) is 122 Å². The molecule has 0 bridgehead atoms. The van der Waals surface area contributed by atoms with Crippen LogP contribution in [0.3, 0.4) is 0 Å². The minimum Gasteiger partial charge on any atom is -0.454 e. The van der Waals surface area contributed by atoms with Crippen LogP contribution in [0, 0.1) is 0 Å². The number of unbranched alkanes of at least 4 members (excludes halogenated alkanes) is 1. The summed E-state index contributed by atoms with van der Waals surface area (Å²) in [6.07, 6.45) is 2.30. The minimum atomic E-state index is -0.842. The number of thioether (sulfide) groups is 1. The molecule has 0 saturated carbocycles. The van der Waals surface area contributed by atoms with Crippen molar-refractivity contribution in [1.29, 1.82) is 0 Å². The first-order valence-corrected chi connectivity index (χ1v) is 13.6. The number of ether oxygens (including phenoxy) is 2. The van der Waals surface area contributed by atoms with Crippen LogP contribution in [0.15, 0.2) is 52.4 Å². The van der Waals surface area contributed by atoms with Crippen molar-refractivity contribution >= 4 is 51.9 Å². The van der Waals surface area contributed by atoms with Crippen molar-refractivity contribution in [2.75, 3.05) is 18.7 Å². The van der Waals surface area contributed by atoms with E-state index >= 15 is 0 Å². The number of nitrogens with one attached hydrogen (secondary N) is 2. The number of aliphatic imine (C=N–C) groups is 2. The van der Waals surface area contributed by atoms with Crippen LogP contribution in [0.4, 0.5) is 11.4 Å². The Morgan fingerprint density at radius 3 is 2.79 bits per heavy atom. The number of hydrogen-bond donors (Lipinski definition) is 2. The van der Waals surface area contributed by atoms with Crippen LogP contribution in [-0.4, -0.2) is 58.3 Å². The van der Waals surface area contributed by atoms with Gasteiger partial charge in [0.25, 0.3) is 5.91 Å². The number of benzene rings is 2. The highest BCUT2D eigenvalue weighted by Crippen LogP contribution is 2.37. The molecule has 0 fully saturated rings. The number of amides is 3. The average Bonchev–Trinajstić information content (AvgIpc) is 3.51. The normalized spacial score (nSPS) is 17.8. The maximum absolute atomic E-state index is 13.5. The number of nitrogens with zero attached hydrogens (tertiary/aromatic N) is 3.